The first-order valence-electron chi connectivity index (χ1n) is 10.5. The summed E-state index contributed by atoms with van der Waals surface area (Å²) < 4.78 is 13.9. The summed E-state index contributed by atoms with van der Waals surface area (Å²) in [5.41, 5.74) is 1.19. The van der Waals surface area contributed by atoms with Gasteiger partial charge in [0.2, 0.25) is 0 Å². The number of rotatable bonds is 4. The second-order valence-corrected chi connectivity index (χ2v) is 8.61. The van der Waals surface area contributed by atoms with Crippen LogP contribution in [-0.2, 0) is 0 Å². The van der Waals surface area contributed by atoms with E-state index in [1.54, 1.807) is 6.08 Å². The standard InChI is InChI=1S/C21H33FN4O/c1-13-10-14(5-7-17(13)22)20-16(4-3-9-24-20)15-6-8-19-25-11-18(21(27)23-2)26(19)12-15/h5,7,9-10,13,15-21,23,25,27H,3-4,6,8,11-12H2,1-2H3. The van der Waals surface area contributed by atoms with Crippen molar-refractivity contribution in [3.63, 3.8) is 0 Å². The van der Waals surface area contributed by atoms with Gasteiger partial charge in [-0.2, -0.15) is 0 Å². The number of halogens is 1. The summed E-state index contributed by atoms with van der Waals surface area (Å²) in [4.78, 5) is 7.32. The zero-order chi connectivity index (χ0) is 19.0. The van der Waals surface area contributed by atoms with Gasteiger partial charge in [0.25, 0.3) is 0 Å². The van der Waals surface area contributed by atoms with E-state index < -0.39 is 12.4 Å². The number of hydrogen-bond acceptors (Lipinski definition) is 5. The van der Waals surface area contributed by atoms with E-state index in [-0.39, 0.29) is 18.0 Å². The number of allylic oxidation sites excluding steroid dienone is 2. The second kappa shape index (κ2) is 8.11. The molecule has 0 aromatic carbocycles. The lowest BCUT2D eigenvalue weighted by Crippen LogP contribution is -2.54. The van der Waals surface area contributed by atoms with Gasteiger partial charge >= 0.3 is 0 Å². The van der Waals surface area contributed by atoms with Crippen molar-refractivity contribution in [2.24, 2.45) is 22.7 Å². The van der Waals surface area contributed by atoms with E-state index in [0.717, 1.165) is 32.4 Å². The average Bonchev–Trinajstić information content (AvgIpc) is 3.12. The molecule has 0 saturated carbocycles. The first-order chi connectivity index (χ1) is 13.1. The number of alkyl halides is 1. The number of likely N-dealkylation sites (N-methyl/N-ethyl adjacent to an activating group) is 1. The number of hydrogen-bond donors (Lipinski definition) is 3. The minimum atomic E-state index is -0.880. The summed E-state index contributed by atoms with van der Waals surface area (Å²) in [7, 11) is 1.81. The van der Waals surface area contributed by atoms with Gasteiger partial charge in [-0.05, 0) is 62.4 Å². The van der Waals surface area contributed by atoms with E-state index >= 15 is 0 Å². The van der Waals surface area contributed by atoms with Crippen molar-refractivity contribution in [1.29, 1.82) is 0 Å². The summed E-state index contributed by atoms with van der Waals surface area (Å²) in [6.45, 7) is 3.77. The molecular formula is C21H33FN4O. The molecule has 5 nitrogen and oxygen atoms in total. The molecule has 4 rings (SSSR count). The molecule has 1 aliphatic carbocycles. The molecule has 3 N–H and O–H groups in total. The highest BCUT2D eigenvalue weighted by Crippen LogP contribution is 2.39. The monoisotopic (exact) mass is 376 g/mol. The molecule has 3 aliphatic heterocycles. The van der Waals surface area contributed by atoms with Crippen molar-refractivity contribution in [1.82, 2.24) is 15.5 Å². The molecule has 0 aromatic heterocycles. The highest BCUT2D eigenvalue weighted by atomic mass is 19.1. The highest BCUT2D eigenvalue weighted by Gasteiger charge is 2.44. The van der Waals surface area contributed by atoms with E-state index in [0.29, 0.717) is 18.0 Å². The van der Waals surface area contributed by atoms with Crippen LogP contribution in [0.3, 0.4) is 0 Å². The molecule has 0 amide bonds. The van der Waals surface area contributed by atoms with Crippen LogP contribution in [0.2, 0.25) is 0 Å². The van der Waals surface area contributed by atoms with E-state index in [1.165, 1.54) is 12.0 Å². The van der Waals surface area contributed by atoms with Gasteiger partial charge in [-0.1, -0.05) is 19.1 Å². The minimum absolute atomic E-state index is 0.0727. The molecule has 6 heteroatoms. The van der Waals surface area contributed by atoms with E-state index in [1.807, 2.05) is 20.0 Å². The number of nitrogens with zero attached hydrogens (tertiary/aromatic N) is 2. The molecule has 0 aromatic rings. The lowest BCUT2D eigenvalue weighted by atomic mass is 9.73. The fourth-order valence-corrected chi connectivity index (χ4v) is 5.40. The predicted molar refractivity (Wildman–Crippen MR) is 106 cm³/mol. The van der Waals surface area contributed by atoms with Crippen LogP contribution in [0.4, 0.5) is 4.39 Å². The van der Waals surface area contributed by atoms with Crippen molar-refractivity contribution >= 4 is 6.21 Å². The third kappa shape index (κ3) is 3.77. The topological polar surface area (TPSA) is 59.9 Å². The molecule has 4 aliphatic rings. The summed E-state index contributed by atoms with van der Waals surface area (Å²) in [5, 5.41) is 16.9. The number of fused-ring (bicyclic) bond motifs is 1. The smallest absolute Gasteiger partial charge is 0.125 e. The fourth-order valence-electron chi connectivity index (χ4n) is 5.40. The summed E-state index contributed by atoms with van der Waals surface area (Å²) in [5.74, 6) is 0.975. The number of piperidine rings is 1. The number of nitrogens with one attached hydrogen (secondary N) is 2. The fraction of sp³-hybridized carbons (Fsp3) is 0.762. The van der Waals surface area contributed by atoms with Gasteiger partial charge in [0.15, 0.2) is 0 Å². The lowest BCUT2D eigenvalue weighted by Gasteiger charge is -2.44. The number of aliphatic hydroxyl groups is 1. The van der Waals surface area contributed by atoms with Crippen LogP contribution >= 0.6 is 0 Å². The molecular weight excluding hydrogens is 343 g/mol. The molecule has 2 saturated heterocycles. The Morgan fingerprint density at radius 1 is 1.37 bits per heavy atom. The Morgan fingerprint density at radius 2 is 2.22 bits per heavy atom. The minimum Gasteiger partial charge on any atom is -0.377 e. The van der Waals surface area contributed by atoms with Crippen LogP contribution in [0, 0.1) is 17.8 Å². The van der Waals surface area contributed by atoms with Crippen LogP contribution in [0.25, 0.3) is 0 Å². The van der Waals surface area contributed by atoms with Gasteiger partial charge in [0.05, 0.1) is 18.2 Å². The Morgan fingerprint density at radius 3 is 3.00 bits per heavy atom. The quantitative estimate of drug-likeness (QED) is 0.656. The molecule has 3 heterocycles. The molecule has 2 fully saturated rings. The molecule has 150 valence electrons. The summed E-state index contributed by atoms with van der Waals surface area (Å²) >= 11 is 0. The largest absolute Gasteiger partial charge is 0.377 e. The third-order valence-corrected chi connectivity index (χ3v) is 6.98. The van der Waals surface area contributed by atoms with Crippen LogP contribution < -0.4 is 10.6 Å². The summed E-state index contributed by atoms with van der Waals surface area (Å²) in [6.07, 6.45) is 11.3. The zero-order valence-corrected chi connectivity index (χ0v) is 16.4. The zero-order valence-electron chi connectivity index (χ0n) is 16.4. The van der Waals surface area contributed by atoms with Crippen molar-refractivity contribution in [3.8, 4) is 0 Å². The number of aliphatic hydroxyl groups excluding tert-OH is 1. The molecule has 27 heavy (non-hydrogen) atoms. The SMILES string of the molecule is CNC(O)C1CNC2CCC(C3CCC=NC3C3=CC(C)C(F)C=C3)CN21. The van der Waals surface area contributed by atoms with Crippen LogP contribution in [0.1, 0.15) is 32.6 Å². The number of aliphatic imine (C=N–C) groups is 1. The average molecular weight is 377 g/mol. The second-order valence-electron chi connectivity index (χ2n) is 8.61. The van der Waals surface area contributed by atoms with Crippen LogP contribution in [0.15, 0.2) is 28.8 Å². The molecule has 0 radical (unpaired) electrons. The Bertz CT molecular complexity index is 621. The van der Waals surface area contributed by atoms with Crippen LogP contribution in [0.5, 0.6) is 0 Å². The van der Waals surface area contributed by atoms with Gasteiger partial charge in [0.1, 0.15) is 12.4 Å². The third-order valence-electron chi connectivity index (χ3n) is 6.98. The van der Waals surface area contributed by atoms with Crippen molar-refractivity contribution < 1.29 is 9.50 Å². The van der Waals surface area contributed by atoms with E-state index in [9.17, 15) is 9.50 Å². The highest BCUT2D eigenvalue weighted by molar-refractivity contribution is 5.59. The molecule has 8 atom stereocenters. The van der Waals surface area contributed by atoms with Crippen molar-refractivity contribution in [2.45, 2.75) is 63.3 Å². The van der Waals surface area contributed by atoms with Gasteiger partial charge in [-0.3, -0.25) is 20.5 Å². The lowest BCUT2D eigenvalue weighted by molar-refractivity contribution is 0.00494. The first kappa shape index (κ1) is 19.2. The normalized spacial score (nSPS) is 43.4. The van der Waals surface area contributed by atoms with Gasteiger partial charge in [0, 0.05) is 19.0 Å². The maximum Gasteiger partial charge on any atom is 0.125 e. The molecule has 0 spiro atoms. The Balaban J connectivity index is 1.51. The van der Waals surface area contributed by atoms with E-state index in [4.69, 9.17) is 4.99 Å². The maximum absolute atomic E-state index is 13.9. The van der Waals surface area contributed by atoms with Gasteiger partial charge in [-0.15, -0.1) is 0 Å². The predicted octanol–water partition coefficient (Wildman–Crippen LogP) is 1.85. The summed E-state index contributed by atoms with van der Waals surface area (Å²) in [6, 6.07) is 0.268. The van der Waals surface area contributed by atoms with Crippen LogP contribution in [-0.4, -0.2) is 67.0 Å². The maximum atomic E-state index is 13.9. The first-order valence-corrected chi connectivity index (χ1v) is 10.5. The van der Waals surface area contributed by atoms with E-state index in [2.05, 4.69) is 27.8 Å². The molecule has 0 bridgehead atoms. The molecule has 8 unspecified atom stereocenters. The Hall–Kier alpha value is -1.08. The Kier molecular flexibility index (Phi) is 5.78. The van der Waals surface area contributed by atoms with Gasteiger partial charge in [-0.25, -0.2) is 4.39 Å². The van der Waals surface area contributed by atoms with Crippen molar-refractivity contribution in [2.75, 3.05) is 20.1 Å². The Labute approximate surface area is 161 Å². The van der Waals surface area contributed by atoms with Gasteiger partial charge < -0.3 is 5.11 Å². The van der Waals surface area contributed by atoms with Crippen molar-refractivity contribution in [3.05, 3.63) is 23.8 Å².